The molecule has 0 radical (unpaired) electrons. The lowest BCUT2D eigenvalue weighted by atomic mass is 10.1. The Bertz CT molecular complexity index is 1200. The van der Waals surface area contributed by atoms with Gasteiger partial charge in [-0.2, -0.15) is 0 Å². The van der Waals surface area contributed by atoms with Crippen LogP contribution in [0.3, 0.4) is 0 Å². The zero-order valence-electron chi connectivity index (χ0n) is 18.1. The third-order valence-corrected chi connectivity index (χ3v) is 5.96. The molecular formula is C23H24N6O3S. The molecule has 33 heavy (non-hydrogen) atoms. The van der Waals surface area contributed by atoms with E-state index in [1.807, 2.05) is 41.8 Å². The molecule has 4 rings (SSSR count). The van der Waals surface area contributed by atoms with Crippen LogP contribution in [0.1, 0.15) is 16.5 Å². The van der Waals surface area contributed by atoms with E-state index in [2.05, 4.69) is 20.6 Å². The summed E-state index contributed by atoms with van der Waals surface area (Å²) in [5.41, 5.74) is 2.08. The van der Waals surface area contributed by atoms with Gasteiger partial charge in [0.15, 0.2) is 0 Å². The van der Waals surface area contributed by atoms with Crippen LogP contribution in [0.2, 0.25) is 0 Å². The number of pyridine rings is 1. The highest BCUT2D eigenvalue weighted by Gasteiger charge is 2.32. The van der Waals surface area contributed by atoms with Crippen molar-refractivity contribution in [3.63, 3.8) is 0 Å². The summed E-state index contributed by atoms with van der Waals surface area (Å²) in [6.07, 6.45) is 3.25. The molecule has 0 saturated heterocycles. The predicted molar refractivity (Wildman–Crippen MR) is 124 cm³/mol. The van der Waals surface area contributed by atoms with Crippen molar-refractivity contribution < 1.29 is 14.3 Å². The molecule has 1 atom stereocenters. The number of amides is 2. The van der Waals surface area contributed by atoms with Crippen molar-refractivity contribution in [2.45, 2.75) is 19.1 Å². The van der Waals surface area contributed by atoms with Crippen molar-refractivity contribution >= 4 is 34.2 Å². The number of carbonyl (C=O) groups is 2. The SMILES string of the molecule is COCCNC(=O)C(c1cccnc1)N(Cc1cccs1)C(=O)Cn1nnc2ccccc21. The zero-order chi connectivity index (χ0) is 23.0. The maximum absolute atomic E-state index is 13.6. The van der Waals surface area contributed by atoms with Gasteiger partial charge in [-0.3, -0.25) is 14.6 Å². The molecule has 1 aromatic carbocycles. The number of ether oxygens (including phenoxy) is 1. The highest BCUT2D eigenvalue weighted by atomic mass is 32.1. The van der Waals surface area contributed by atoms with Gasteiger partial charge in [0, 0.05) is 36.5 Å². The van der Waals surface area contributed by atoms with Crippen molar-refractivity contribution in [3.05, 3.63) is 76.7 Å². The van der Waals surface area contributed by atoms with Gasteiger partial charge in [-0.1, -0.05) is 29.5 Å². The van der Waals surface area contributed by atoms with Crippen molar-refractivity contribution in [2.24, 2.45) is 0 Å². The number of carbonyl (C=O) groups excluding carboxylic acids is 2. The first-order valence-corrected chi connectivity index (χ1v) is 11.3. The number of thiophene rings is 1. The van der Waals surface area contributed by atoms with Crippen LogP contribution >= 0.6 is 11.3 Å². The molecule has 0 spiro atoms. The van der Waals surface area contributed by atoms with Crippen LogP contribution in [-0.4, -0.2) is 57.0 Å². The highest BCUT2D eigenvalue weighted by molar-refractivity contribution is 7.09. The van der Waals surface area contributed by atoms with Crippen molar-refractivity contribution in [1.29, 1.82) is 0 Å². The van der Waals surface area contributed by atoms with Gasteiger partial charge in [-0.25, -0.2) is 4.68 Å². The fourth-order valence-electron chi connectivity index (χ4n) is 3.53. The number of hydrogen-bond acceptors (Lipinski definition) is 7. The smallest absolute Gasteiger partial charge is 0.247 e. The Hall–Kier alpha value is -3.63. The van der Waals surface area contributed by atoms with Crippen LogP contribution < -0.4 is 5.32 Å². The van der Waals surface area contributed by atoms with E-state index < -0.39 is 6.04 Å². The number of hydrogen-bond donors (Lipinski definition) is 1. The number of nitrogens with one attached hydrogen (secondary N) is 1. The predicted octanol–water partition coefficient (Wildman–Crippen LogP) is 2.42. The van der Waals surface area contributed by atoms with Crippen LogP contribution in [0.4, 0.5) is 0 Å². The Balaban J connectivity index is 1.68. The fourth-order valence-corrected chi connectivity index (χ4v) is 4.23. The quantitative estimate of drug-likeness (QED) is 0.362. The zero-order valence-corrected chi connectivity index (χ0v) is 18.9. The maximum Gasteiger partial charge on any atom is 0.247 e. The van der Waals surface area contributed by atoms with E-state index in [1.54, 1.807) is 41.2 Å². The first-order valence-electron chi connectivity index (χ1n) is 10.4. The molecule has 0 aliphatic carbocycles. The third-order valence-electron chi connectivity index (χ3n) is 5.10. The van der Waals surface area contributed by atoms with Gasteiger partial charge in [0.05, 0.1) is 18.7 Å². The molecular weight excluding hydrogens is 440 g/mol. The minimum Gasteiger partial charge on any atom is -0.383 e. The summed E-state index contributed by atoms with van der Waals surface area (Å²) in [7, 11) is 1.57. The molecule has 9 nitrogen and oxygen atoms in total. The van der Waals surface area contributed by atoms with Crippen molar-refractivity contribution in [2.75, 3.05) is 20.3 Å². The molecule has 0 fully saturated rings. The number of methoxy groups -OCH3 is 1. The van der Waals surface area contributed by atoms with Gasteiger partial charge in [0.25, 0.3) is 0 Å². The van der Waals surface area contributed by atoms with Crippen LogP contribution in [-0.2, 0) is 27.4 Å². The van der Waals surface area contributed by atoms with Gasteiger partial charge in [-0.05, 0) is 29.6 Å². The molecule has 0 aliphatic rings. The van der Waals surface area contributed by atoms with E-state index in [9.17, 15) is 9.59 Å². The maximum atomic E-state index is 13.6. The molecule has 3 heterocycles. The summed E-state index contributed by atoms with van der Waals surface area (Å²) in [4.78, 5) is 33.6. The van der Waals surface area contributed by atoms with Crippen LogP contribution in [0, 0.1) is 0 Å². The van der Waals surface area contributed by atoms with Gasteiger partial charge in [0.2, 0.25) is 11.8 Å². The number of rotatable bonds is 10. The Kier molecular flexibility index (Phi) is 7.38. The molecule has 10 heteroatoms. The first-order chi connectivity index (χ1) is 16.2. The lowest BCUT2D eigenvalue weighted by molar-refractivity contribution is -0.142. The van der Waals surface area contributed by atoms with Gasteiger partial charge < -0.3 is 15.0 Å². The molecule has 0 aliphatic heterocycles. The molecule has 2 amide bonds. The van der Waals surface area contributed by atoms with Crippen LogP contribution in [0.25, 0.3) is 11.0 Å². The summed E-state index contributed by atoms with van der Waals surface area (Å²) in [5, 5.41) is 13.1. The van der Waals surface area contributed by atoms with Gasteiger partial charge in [0.1, 0.15) is 18.1 Å². The molecule has 1 unspecified atom stereocenters. The van der Waals surface area contributed by atoms with Crippen LogP contribution in [0.15, 0.2) is 66.3 Å². The lowest BCUT2D eigenvalue weighted by Gasteiger charge is -2.31. The normalized spacial score (nSPS) is 11.9. The van der Waals surface area contributed by atoms with Crippen LogP contribution in [0.5, 0.6) is 0 Å². The molecule has 3 aromatic heterocycles. The second-order valence-electron chi connectivity index (χ2n) is 7.31. The summed E-state index contributed by atoms with van der Waals surface area (Å²) < 4.78 is 6.62. The van der Waals surface area contributed by atoms with E-state index in [4.69, 9.17) is 4.74 Å². The Morgan fingerprint density at radius 1 is 1.18 bits per heavy atom. The van der Waals surface area contributed by atoms with Crippen molar-refractivity contribution in [3.8, 4) is 0 Å². The van der Waals surface area contributed by atoms with Crippen molar-refractivity contribution in [1.82, 2.24) is 30.2 Å². The minimum atomic E-state index is -0.861. The highest BCUT2D eigenvalue weighted by Crippen LogP contribution is 2.25. The standard InChI is InChI=1S/C23H24N6O3S/c1-32-12-11-25-23(31)22(17-6-4-10-24-14-17)28(15-18-7-5-13-33-18)21(30)16-29-20-9-3-2-8-19(20)26-27-29/h2-10,13-14,22H,11-12,15-16H2,1H3,(H,25,31). The summed E-state index contributed by atoms with van der Waals surface area (Å²) in [5.74, 6) is -0.553. The Labute approximate surface area is 195 Å². The summed E-state index contributed by atoms with van der Waals surface area (Å²) in [6.45, 7) is 0.935. The molecule has 4 aromatic rings. The van der Waals surface area contributed by atoms with Gasteiger partial charge >= 0.3 is 0 Å². The number of para-hydroxylation sites is 1. The minimum absolute atomic E-state index is 0.0476. The monoisotopic (exact) mass is 464 g/mol. The van der Waals surface area contributed by atoms with E-state index in [0.29, 0.717) is 24.2 Å². The molecule has 170 valence electrons. The number of aromatic nitrogens is 4. The average Bonchev–Trinajstić information content (AvgIpc) is 3.50. The summed E-state index contributed by atoms with van der Waals surface area (Å²) in [6, 6.07) is 14.0. The fraction of sp³-hybridized carbons (Fsp3) is 0.261. The second-order valence-corrected chi connectivity index (χ2v) is 8.34. The number of fused-ring (bicyclic) bond motifs is 1. The second kappa shape index (κ2) is 10.8. The topological polar surface area (TPSA) is 102 Å². The lowest BCUT2D eigenvalue weighted by Crippen LogP contribution is -2.45. The summed E-state index contributed by atoms with van der Waals surface area (Å²) >= 11 is 1.53. The molecule has 1 N–H and O–H groups in total. The van der Waals surface area contributed by atoms with E-state index >= 15 is 0 Å². The van der Waals surface area contributed by atoms with E-state index in [0.717, 1.165) is 10.4 Å². The first kappa shape index (κ1) is 22.6. The van der Waals surface area contributed by atoms with E-state index in [1.165, 1.54) is 11.3 Å². The molecule has 0 bridgehead atoms. The third kappa shape index (κ3) is 5.41. The molecule has 0 saturated carbocycles. The Morgan fingerprint density at radius 2 is 2.06 bits per heavy atom. The Morgan fingerprint density at radius 3 is 2.82 bits per heavy atom. The average molecular weight is 465 g/mol. The van der Waals surface area contributed by atoms with E-state index in [-0.39, 0.29) is 24.9 Å². The largest absolute Gasteiger partial charge is 0.383 e. The number of nitrogens with zero attached hydrogens (tertiary/aromatic N) is 5. The number of benzene rings is 1. The van der Waals surface area contributed by atoms with Gasteiger partial charge in [-0.15, -0.1) is 16.4 Å².